The Balaban J connectivity index is 2.10. The number of hydrazine groups is 1. The summed E-state index contributed by atoms with van der Waals surface area (Å²) in [5.74, 6) is 5.16. The number of benzene rings is 1. The number of pyridine rings is 2. The number of nitrogens with zero attached hydrogens (tertiary/aromatic N) is 2. The number of nitrogens with two attached hydrogens (primary N) is 1. The number of para-hydroxylation sites is 1. The van der Waals surface area contributed by atoms with Crippen LogP contribution in [0.4, 0.5) is 4.39 Å². The van der Waals surface area contributed by atoms with Crippen molar-refractivity contribution >= 4 is 10.9 Å². The lowest BCUT2D eigenvalue weighted by Gasteiger charge is -2.16. The zero-order valence-electron chi connectivity index (χ0n) is 10.6. The standard InChI is InChI=1S/C15H13FN4/c16-12-9-18-8-7-11(12)15(20-17)14-6-5-10-3-1-2-4-13(10)19-14/h1-9,15,20H,17H2. The number of hydrogen-bond acceptors (Lipinski definition) is 4. The molecule has 0 fully saturated rings. The summed E-state index contributed by atoms with van der Waals surface area (Å²) < 4.78 is 13.8. The molecular formula is C15H13FN4. The van der Waals surface area contributed by atoms with Gasteiger partial charge < -0.3 is 0 Å². The van der Waals surface area contributed by atoms with Crippen molar-refractivity contribution < 1.29 is 4.39 Å². The van der Waals surface area contributed by atoms with Crippen molar-refractivity contribution in [1.82, 2.24) is 15.4 Å². The molecule has 0 aliphatic heterocycles. The zero-order chi connectivity index (χ0) is 13.9. The van der Waals surface area contributed by atoms with Crippen LogP contribution in [-0.2, 0) is 0 Å². The molecule has 0 saturated heterocycles. The Labute approximate surface area is 115 Å². The second-order valence-corrected chi connectivity index (χ2v) is 4.43. The van der Waals surface area contributed by atoms with Crippen LogP contribution in [0.15, 0.2) is 54.9 Å². The van der Waals surface area contributed by atoms with E-state index in [1.165, 1.54) is 12.4 Å². The average molecular weight is 268 g/mol. The second-order valence-electron chi connectivity index (χ2n) is 4.43. The Kier molecular flexibility index (Phi) is 3.37. The monoisotopic (exact) mass is 268 g/mol. The Hall–Kier alpha value is -2.37. The number of aromatic nitrogens is 2. The summed E-state index contributed by atoms with van der Waals surface area (Å²) in [5, 5.41) is 1.03. The first-order valence-electron chi connectivity index (χ1n) is 6.21. The quantitative estimate of drug-likeness (QED) is 0.565. The van der Waals surface area contributed by atoms with Gasteiger partial charge in [0.05, 0.1) is 23.4 Å². The van der Waals surface area contributed by atoms with E-state index >= 15 is 0 Å². The summed E-state index contributed by atoms with van der Waals surface area (Å²) in [7, 11) is 0. The number of rotatable bonds is 3. The van der Waals surface area contributed by atoms with Gasteiger partial charge in [-0.1, -0.05) is 24.3 Å². The van der Waals surface area contributed by atoms with E-state index in [9.17, 15) is 4.39 Å². The minimum Gasteiger partial charge on any atom is -0.271 e. The largest absolute Gasteiger partial charge is 0.271 e. The normalized spacial score (nSPS) is 12.5. The molecule has 100 valence electrons. The van der Waals surface area contributed by atoms with Crippen molar-refractivity contribution in [2.75, 3.05) is 0 Å². The zero-order valence-corrected chi connectivity index (χ0v) is 10.6. The molecule has 0 spiro atoms. The van der Waals surface area contributed by atoms with Gasteiger partial charge in [-0.2, -0.15) is 0 Å². The lowest BCUT2D eigenvalue weighted by molar-refractivity contribution is 0.550. The Morgan fingerprint density at radius 1 is 1.10 bits per heavy atom. The highest BCUT2D eigenvalue weighted by atomic mass is 19.1. The van der Waals surface area contributed by atoms with Crippen LogP contribution < -0.4 is 11.3 Å². The highest BCUT2D eigenvalue weighted by Crippen LogP contribution is 2.23. The third-order valence-electron chi connectivity index (χ3n) is 3.20. The minimum atomic E-state index is -0.511. The van der Waals surface area contributed by atoms with E-state index in [1.54, 1.807) is 6.07 Å². The van der Waals surface area contributed by atoms with Crippen molar-refractivity contribution in [3.8, 4) is 0 Å². The van der Waals surface area contributed by atoms with E-state index < -0.39 is 11.9 Å². The van der Waals surface area contributed by atoms with Crippen LogP contribution >= 0.6 is 0 Å². The topological polar surface area (TPSA) is 63.8 Å². The van der Waals surface area contributed by atoms with E-state index in [1.807, 2.05) is 36.4 Å². The lowest BCUT2D eigenvalue weighted by Crippen LogP contribution is -2.30. The van der Waals surface area contributed by atoms with Gasteiger partial charge in [-0.15, -0.1) is 0 Å². The summed E-state index contributed by atoms with van der Waals surface area (Å²) in [4.78, 5) is 8.28. The fraction of sp³-hybridized carbons (Fsp3) is 0.0667. The fourth-order valence-electron chi connectivity index (χ4n) is 2.20. The van der Waals surface area contributed by atoms with Gasteiger partial charge in [0.15, 0.2) is 0 Å². The smallest absolute Gasteiger partial charge is 0.146 e. The molecule has 2 aromatic heterocycles. The van der Waals surface area contributed by atoms with E-state index in [0.717, 1.165) is 10.9 Å². The summed E-state index contributed by atoms with van der Waals surface area (Å²) in [6.07, 6.45) is 2.70. The van der Waals surface area contributed by atoms with Crippen molar-refractivity contribution in [2.45, 2.75) is 6.04 Å². The number of hydrogen-bond donors (Lipinski definition) is 2. The van der Waals surface area contributed by atoms with Crippen LogP contribution in [0.2, 0.25) is 0 Å². The van der Waals surface area contributed by atoms with Crippen molar-refractivity contribution in [2.24, 2.45) is 5.84 Å². The number of fused-ring (bicyclic) bond motifs is 1. The summed E-state index contributed by atoms with van der Waals surface area (Å²) >= 11 is 0. The average Bonchev–Trinajstić information content (AvgIpc) is 2.50. The third-order valence-corrected chi connectivity index (χ3v) is 3.20. The molecule has 20 heavy (non-hydrogen) atoms. The molecule has 5 heteroatoms. The maximum absolute atomic E-state index is 13.8. The molecule has 2 heterocycles. The molecule has 0 radical (unpaired) electrons. The maximum atomic E-state index is 13.8. The van der Waals surface area contributed by atoms with Crippen molar-refractivity contribution in [3.63, 3.8) is 0 Å². The summed E-state index contributed by atoms with van der Waals surface area (Å²) in [5.41, 5.74) is 4.54. The molecule has 0 bridgehead atoms. The van der Waals surface area contributed by atoms with E-state index in [-0.39, 0.29) is 0 Å². The third kappa shape index (κ3) is 2.24. The van der Waals surface area contributed by atoms with Crippen LogP contribution in [0.3, 0.4) is 0 Å². The molecule has 3 aromatic rings. The second kappa shape index (κ2) is 5.32. The van der Waals surface area contributed by atoms with Gasteiger partial charge in [0.25, 0.3) is 0 Å². The molecule has 0 aliphatic rings. The van der Waals surface area contributed by atoms with Gasteiger partial charge in [-0.25, -0.2) is 9.82 Å². The molecule has 0 saturated carbocycles. The van der Waals surface area contributed by atoms with Crippen LogP contribution in [0.25, 0.3) is 10.9 Å². The molecule has 1 aromatic carbocycles. The lowest BCUT2D eigenvalue weighted by atomic mass is 10.0. The first-order valence-corrected chi connectivity index (χ1v) is 6.21. The minimum absolute atomic E-state index is 0.412. The molecule has 0 amide bonds. The van der Waals surface area contributed by atoms with Crippen LogP contribution in [0.1, 0.15) is 17.3 Å². The van der Waals surface area contributed by atoms with E-state index in [0.29, 0.717) is 11.3 Å². The van der Waals surface area contributed by atoms with Gasteiger partial charge in [-0.05, 0) is 18.2 Å². The van der Waals surface area contributed by atoms with Gasteiger partial charge >= 0.3 is 0 Å². The molecule has 1 atom stereocenters. The predicted octanol–water partition coefficient (Wildman–Crippen LogP) is 2.32. The first kappa shape index (κ1) is 12.7. The SMILES string of the molecule is NNC(c1ccc2ccccc2n1)c1ccncc1F. The van der Waals surface area contributed by atoms with Crippen molar-refractivity contribution in [1.29, 1.82) is 0 Å². The Morgan fingerprint density at radius 3 is 2.75 bits per heavy atom. The first-order chi connectivity index (χ1) is 9.79. The molecule has 0 aliphatic carbocycles. The molecule has 4 nitrogen and oxygen atoms in total. The van der Waals surface area contributed by atoms with Gasteiger partial charge in [0.1, 0.15) is 5.82 Å². The molecular weight excluding hydrogens is 255 g/mol. The fourth-order valence-corrected chi connectivity index (χ4v) is 2.20. The summed E-state index contributed by atoms with van der Waals surface area (Å²) in [6, 6.07) is 12.6. The van der Waals surface area contributed by atoms with Gasteiger partial charge in [0, 0.05) is 17.1 Å². The maximum Gasteiger partial charge on any atom is 0.146 e. The molecule has 3 N–H and O–H groups in total. The number of nitrogens with one attached hydrogen (secondary N) is 1. The van der Waals surface area contributed by atoms with Gasteiger partial charge in [-0.3, -0.25) is 15.8 Å². The van der Waals surface area contributed by atoms with Crippen molar-refractivity contribution in [3.05, 3.63) is 71.9 Å². The van der Waals surface area contributed by atoms with Crippen LogP contribution in [-0.4, -0.2) is 9.97 Å². The Bertz CT molecular complexity index is 745. The van der Waals surface area contributed by atoms with Gasteiger partial charge in [0.2, 0.25) is 0 Å². The highest BCUT2D eigenvalue weighted by molar-refractivity contribution is 5.78. The highest BCUT2D eigenvalue weighted by Gasteiger charge is 2.18. The summed E-state index contributed by atoms with van der Waals surface area (Å²) in [6.45, 7) is 0. The molecule has 3 rings (SSSR count). The molecule has 1 unspecified atom stereocenters. The predicted molar refractivity (Wildman–Crippen MR) is 75.1 cm³/mol. The number of halogens is 1. The van der Waals surface area contributed by atoms with E-state index in [2.05, 4.69) is 15.4 Å². The van der Waals surface area contributed by atoms with Crippen LogP contribution in [0.5, 0.6) is 0 Å². The Morgan fingerprint density at radius 2 is 1.95 bits per heavy atom. The van der Waals surface area contributed by atoms with Crippen LogP contribution in [0, 0.1) is 5.82 Å². The van der Waals surface area contributed by atoms with E-state index in [4.69, 9.17) is 5.84 Å².